The highest BCUT2D eigenvalue weighted by atomic mass is 32.2. The van der Waals surface area contributed by atoms with Crippen molar-refractivity contribution in [2.24, 2.45) is 0 Å². The van der Waals surface area contributed by atoms with E-state index in [4.69, 9.17) is 0 Å². The lowest BCUT2D eigenvalue weighted by molar-refractivity contribution is -0.143. The van der Waals surface area contributed by atoms with Crippen LogP contribution in [0.3, 0.4) is 0 Å². The molecule has 134 valence electrons. The summed E-state index contributed by atoms with van der Waals surface area (Å²) < 4.78 is 30.8. The Morgan fingerprint density at radius 3 is 2.20 bits per heavy atom. The highest BCUT2D eigenvalue weighted by Gasteiger charge is 2.45. The molecule has 25 heavy (non-hydrogen) atoms. The molecule has 1 aromatic carbocycles. The van der Waals surface area contributed by atoms with Crippen molar-refractivity contribution in [3.05, 3.63) is 24.3 Å². The Hall–Kier alpha value is -2.46. The molecule has 2 aliphatic heterocycles. The van der Waals surface area contributed by atoms with Crippen LogP contribution in [0.4, 0.5) is 10.5 Å². The summed E-state index contributed by atoms with van der Waals surface area (Å²) in [5.74, 6) is -0.490. The molecule has 0 spiro atoms. The van der Waals surface area contributed by atoms with Gasteiger partial charge in [-0.1, -0.05) is 0 Å². The molecule has 0 aromatic heterocycles. The van der Waals surface area contributed by atoms with Gasteiger partial charge in [0.15, 0.2) is 0 Å². The maximum absolute atomic E-state index is 12.6. The molecule has 3 amide bonds. The van der Waals surface area contributed by atoms with Crippen LogP contribution in [0, 0.1) is 0 Å². The molecule has 3 rings (SSSR count). The highest BCUT2D eigenvalue weighted by Crippen LogP contribution is 2.28. The van der Waals surface area contributed by atoms with Crippen LogP contribution in [-0.2, 0) is 24.3 Å². The Bertz CT molecular complexity index is 798. The van der Waals surface area contributed by atoms with Gasteiger partial charge in [0, 0.05) is 31.6 Å². The molecule has 0 saturated carbocycles. The fourth-order valence-corrected chi connectivity index (χ4v) is 4.32. The number of hydrogen-bond acceptors (Lipinski definition) is 6. The Balaban J connectivity index is 1.66. The molecule has 2 saturated heterocycles. The van der Waals surface area contributed by atoms with Crippen molar-refractivity contribution in [2.45, 2.75) is 23.8 Å². The van der Waals surface area contributed by atoms with Crippen molar-refractivity contribution < 1.29 is 27.5 Å². The minimum absolute atomic E-state index is 0.0699. The van der Waals surface area contributed by atoms with Crippen molar-refractivity contribution in [1.82, 2.24) is 9.21 Å². The Morgan fingerprint density at radius 2 is 1.68 bits per heavy atom. The Morgan fingerprint density at radius 1 is 1.12 bits per heavy atom. The number of ether oxygens (including phenoxy) is 1. The zero-order valence-electron chi connectivity index (χ0n) is 13.5. The molecule has 1 N–H and O–H groups in total. The number of rotatable bonds is 4. The number of imide groups is 1. The van der Waals surface area contributed by atoms with Crippen LogP contribution in [-0.4, -0.2) is 61.8 Å². The van der Waals surface area contributed by atoms with E-state index in [1.165, 1.54) is 40.6 Å². The van der Waals surface area contributed by atoms with Crippen molar-refractivity contribution in [2.75, 3.05) is 25.5 Å². The van der Waals surface area contributed by atoms with Gasteiger partial charge in [-0.15, -0.1) is 0 Å². The van der Waals surface area contributed by atoms with Gasteiger partial charge in [-0.05, 0) is 24.3 Å². The molecule has 0 radical (unpaired) electrons. The number of carbonyl (C=O) groups is 3. The van der Waals surface area contributed by atoms with Crippen LogP contribution in [0.5, 0.6) is 0 Å². The van der Waals surface area contributed by atoms with Crippen LogP contribution in [0.15, 0.2) is 29.2 Å². The summed E-state index contributed by atoms with van der Waals surface area (Å²) >= 11 is 0. The van der Waals surface area contributed by atoms with Gasteiger partial charge in [0.1, 0.15) is 0 Å². The molecule has 0 unspecified atom stereocenters. The van der Waals surface area contributed by atoms with E-state index in [2.05, 4.69) is 10.1 Å². The SMILES string of the molecule is COC(=O)Nc1ccc(S(=O)(=O)N2CC(N3C(=O)CCC3=O)C2)cc1. The van der Waals surface area contributed by atoms with Crippen LogP contribution in [0.2, 0.25) is 0 Å². The first-order chi connectivity index (χ1) is 11.8. The number of benzene rings is 1. The maximum atomic E-state index is 12.6. The third-order valence-corrected chi connectivity index (χ3v) is 6.05. The standard InChI is InChI=1S/C15H17N3O6S/c1-24-15(21)16-10-2-4-12(5-3-10)25(22,23)17-8-11(9-17)18-13(19)6-7-14(18)20/h2-5,11H,6-9H2,1H3,(H,16,21). The summed E-state index contributed by atoms with van der Waals surface area (Å²) in [7, 11) is -2.48. The number of likely N-dealkylation sites (tertiary alicyclic amines) is 1. The first-order valence-corrected chi connectivity index (χ1v) is 9.07. The predicted molar refractivity (Wildman–Crippen MR) is 86.1 cm³/mol. The first-order valence-electron chi connectivity index (χ1n) is 7.63. The van der Waals surface area contributed by atoms with Crippen LogP contribution in [0.25, 0.3) is 0 Å². The van der Waals surface area contributed by atoms with E-state index in [1.807, 2.05) is 0 Å². The number of amides is 3. The Labute approximate surface area is 144 Å². The van der Waals surface area contributed by atoms with E-state index in [9.17, 15) is 22.8 Å². The third kappa shape index (κ3) is 3.22. The topological polar surface area (TPSA) is 113 Å². The van der Waals surface area contributed by atoms with Crippen molar-refractivity contribution >= 4 is 33.6 Å². The molecule has 9 nitrogen and oxygen atoms in total. The van der Waals surface area contributed by atoms with Gasteiger partial charge in [-0.25, -0.2) is 13.2 Å². The number of nitrogens with one attached hydrogen (secondary N) is 1. The maximum Gasteiger partial charge on any atom is 0.411 e. The second kappa shape index (κ2) is 6.45. The molecule has 1 aromatic rings. The number of methoxy groups -OCH3 is 1. The minimum Gasteiger partial charge on any atom is -0.453 e. The lowest BCUT2D eigenvalue weighted by Crippen LogP contribution is -2.62. The van der Waals surface area contributed by atoms with Gasteiger partial charge in [0.2, 0.25) is 21.8 Å². The molecule has 2 aliphatic rings. The van der Waals surface area contributed by atoms with Crippen LogP contribution in [0.1, 0.15) is 12.8 Å². The number of sulfonamides is 1. The van der Waals surface area contributed by atoms with Crippen LogP contribution >= 0.6 is 0 Å². The average Bonchev–Trinajstić information content (AvgIpc) is 2.86. The second-order valence-corrected chi connectivity index (χ2v) is 7.71. The monoisotopic (exact) mass is 367 g/mol. The molecule has 2 fully saturated rings. The quantitative estimate of drug-likeness (QED) is 0.770. The number of nitrogens with zero attached hydrogens (tertiary/aromatic N) is 2. The van der Waals surface area contributed by atoms with Crippen molar-refractivity contribution in [1.29, 1.82) is 0 Å². The molecule has 0 aliphatic carbocycles. The van der Waals surface area contributed by atoms with Crippen molar-refractivity contribution in [3.8, 4) is 0 Å². The van der Waals surface area contributed by atoms with E-state index in [0.717, 1.165) is 0 Å². The summed E-state index contributed by atoms with van der Waals surface area (Å²) in [4.78, 5) is 35.7. The van der Waals surface area contributed by atoms with Gasteiger partial charge < -0.3 is 4.74 Å². The van der Waals surface area contributed by atoms with E-state index in [-0.39, 0.29) is 42.6 Å². The summed E-state index contributed by atoms with van der Waals surface area (Å²) in [6.45, 7) is 0.198. The van der Waals surface area contributed by atoms with E-state index < -0.39 is 22.2 Å². The summed E-state index contributed by atoms with van der Waals surface area (Å²) in [5, 5.41) is 2.43. The normalized spacial score (nSPS) is 19.0. The Kier molecular flexibility index (Phi) is 4.48. The fourth-order valence-electron chi connectivity index (χ4n) is 2.81. The molecule has 2 heterocycles. The molecule has 10 heteroatoms. The van der Waals surface area contributed by atoms with Crippen molar-refractivity contribution in [3.63, 3.8) is 0 Å². The van der Waals surface area contributed by atoms with Gasteiger partial charge >= 0.3 is 6.09 Å². The number of anilines is 1. The number of hydrogen-bond donors (Lipinski definition) is 1. The largest absolute Gasteiger partial charge is 0.453 e. The lowest BCUT2D eigenvalue weighted by Gasteiger charge is -2.41. The smallest absolute Gasteiger partial charge is 0.411 e. The average molecular weight is 367 g/mol. The molecular formula is C15H17N3O6S. The zero-order valence-corrected chi connectivity index (χ0v) is 14.3. The first kappa shape index (κ1) is 17.4. The molecule has 0 bridgehead atoms. The van der Waals surface area contributed by atoms with Gasteiger partial charge in [-0.2, -0.15) is 4.31 Å². The minimum atomic E-state index is -3.71. The lowest BCUT2D eigenvalue weighted by atomic mass is 10.1. The van der Waals surface area contributed by atoms with E-state index in [0.29, 0.717) is 5.69 Å². The van der Waals surface area contributed by atoms with E-state index >= 15 is 0 Å². The molecule has 0 atom stereocenters. The predicted octanol–water partition coefficient (Wildman–Crippen LogP) is 0.387. The third-order valence-electron chi connectivity index (χ3n) is 4.21. The zero-order chi connectivity index (χ0) is 18.2. The summed E-state index contributed by atoms with van der Waals surface area (Å²) in [6, 6.07) is 5.26. The highest BCUT2D eigenvalue weighted by molar-refractivity contribution is 7.89. The second-order valence-electron chi connectivity index (χ2n) is 5.77. The van der Waals surface area contributed by atoms with Gasteiger partial charge in [0.05, 0.1) is 18.0 Å². The van der Waals surface area contributed by atoms with Gasteiger partial charge in [-0.3, -0.25) is 19.8 Å². The summed E-state index contributed by atoms with van der Waals surface area (Å²) in [5.41, 5.74) is 0.403. The van der Waals surface area contributed by atoms with E-state index in [1.54, 1.807) is 0 Å². The van der Waals surface area contributed by atoms with Crippen LogP contribution < -0.4 is 5.32 Å². The molecular weight excluding hydrogens is 350 g/mol. The number of carbonyl (C=O) groups excluding carboxylic acids is 3. The fraction of sp³-hybridized carbons (Fsp3) is 0.400. The van der Waals surface area contributed by atoms with Gasteiger partial charge in [0.25, 0.3) is 0 Å². The summed E-state index contributed by atoms with van der Waals surface area (Å²) in [6.07, 6.45) is -0.269.